The van der Waals surface area contributed by atoms with Crippen LogP contribution in [-0.2, 0) is 4.79 Å². The smallest absolute Gasteiger partial charge is 0.288 e. The van der Waals surface area contributed by atoms with Crippen molar-refractivity contribution in [2.24, 2.45) is 0 Å². The molecule has 0 saturated carbocycles. The molecule has 0 N–H and O–H groups in total. The zero-order valence-electron chi connectivity index (χ0n) is 14.5. The van der Waals surface area contributed by atoms with Gasteiger partial charge in [0.1, 0.15) is 17.4 Å². The maximum absolute atomic E-state index is 12.1. The maximum atomic E-state index is 12.1. The van der Waals surface area contributed by atoms with E-state index in [9.17, 15) is 14.9 Å². The first-order valence-corrected chi connectivity index (χ1v) is 8.31. The molecular formula is C19H19ClN2O4. The fourth-order valence-electron chi connectivity index (χ4n) is 2.11. The summed E-state index contributed by atoms with van der Waals surface area (Å²) in [4.78, 5) is 23.9. The van der Waals surface area contributed by atoms with Crippen LogP contribution in [0, 0.1) is 17.0 Å². The summed E-state index contributed by atoms with van der Waals surface area (Å²) in [5.41, 5.74) is 1.48. The number of hydrogen-bond acceptors (Lipinski definition) is 4. The number of nitrogens with zero attached hydrogens (tertiary/aromatic N) is 2. The average molecular weight is 375 g/mol. The minimum atomic E-state index is -0.559. The molecule has 2 aromatic carbocycles. The molecule has 0 atom stereocenters. The first kappa shape index (κ1) is 19.5. The molecule has 0 unspecified atom stereocenters. The third-order valence-electron chi connectivity index (χ3n) is 3.68. The third-order valence-corrected chi connectivity index (χ3v) is 4.00. The Morgan fingerprint density at radius 3 is 2.62 bits per heavy atom. The number of hydrogen-bond donors (Lipinski definition) is 0. The van der Waals surface area contributed by atoms with Crippen molar-refractivity contribution in [3.05, 3.63) is 74.8 Å². The van der Waals surface area contributed by atoms with Crippen LogP contribution in [0.25, 0.3) is 6.08 Å². The van der Waals surface area contributed by atoms with Gasteiger partial charge in [0.15, 0.2) is 0 Å². The summed E-state index contributed by atoms with van der Waals surface area (Å²) >= 11 is 5.77. The van der Waals surface area contributed by atoms with Crippen LogP contribution in [-0.4, -0.2) is 35.9 Å². The van der Waals surface area contributed by atoms with Gasteiger partial charge < -0.3 is 9.64 Å². The van der Waals surface area contributed by atoms with Crippen LogP contribution in [0.1, 0.15) is 11.1 Å². The Bertz CT molecular complexity index is 819. The number of nitro benzene ring substituents is 1. The molecular weight excluding hydrogens is 356 g/mol. The van der Waals surface area contributed by atoms with Crippen LogP contribution < -0.4 is 4.74 Å². The summed E-state index contributed by atoms with van der Waals surface area (Å²) in [6, 6.07) is 12.0. The quantitative estimate of drug-likeness (QED) is 0.415. The van der Waals surface area contributed by atoms with E-state index in [-0.39, 0.29) is 16.6 Å². The van der Waals surface area contributed by atoms with E-state index >= 15 is 0 Å². The van der Waals surface area contributed by atoms with Crippen molar-refractivity contribution in [3.63, 3.8) is 0 Å². The lowest BCUT2D eigenvalue weighted by atomic mass is 10.2. The van der Waals surface area contributed by atoms with Crippen molar-refractivity contribution in [1.82, 2.24) is 4.90 Å². The molecule has 136 valence electrons. The summed E-state index contributed by atoms with van der Waals surface area (Å²) in [5, 5.41) is 10.9. The molecule has 0 aliphatic rings. The summed E-state index contributed by atoms with van der Waals surface area (Å²) < 4.78 is 5.59. The van der Waals surface area contributed by atoms with Gasteiger partial charge in [0, 0.05) is 19.2 Å². The molecule has 0 aliphatic carbocycles. The number of carbonyl (C=O) groups is 1. The highest BCUT2D eigenvalue weighted by Gasteiger charge is 2.12. The molecule has 1 amide bonds. The molecule has 2 aromatic rings. The number of likely N-dealkylation sites (N-methyl/N-ethyl adjacent to an activating group) is 1. The average Bonchev–Trinajstić information content (AvgIpc) is 2.62. The van der Waals surface area contributed by atoms with Crippen LogP contribution in [0.4, 0.5) is 5.69 Å². The van der Waals surface area contributed by atoms with Crippen LogP contribution in [0.2, 0.25) is 5.02 Å². The predicted molar refractivity (Wildman–Crippen MR) is 101 cm³/mol. The van der Waals surface area contributed by atoms with Gasteiger partial charge in [-0.3, -0.25) is 14.9 Å². The molecule has 0 heterocycles. The minimum Gasteiger partial charge on any atom is -0.492 e. The Morgan fingerprint density at radius 1 is 1.27 bits per heavy atom. The van der Waals surface area contributed by atoms with E-state index in [0.29, 0.717) is 18.7 Å². The SMILES string of the molecule is Cc1ccc(OCCN(C)C(=O)/C=C/c2ccc(Cl)c([N+](=O)[O-])c2)cc1. The first-order valence-electron chi connectivity index (χ1n) is 7.93. The molecule has 0 aromatic heterocycles. The highest BCUT2D eigenvalue weighted by molar-refractivity contribution is 6.32. The maximum Gasteiger partial charge on any atom is 0.288 e. The van der Waals surface area contributed by atoms with Gasteiger partial charge in [-0.15, -0.1) is 0 Å². The number of aryl methyl sites for hydroxylation is 1. The van der Waals surface area contributed by atoms with Gasteiger partial charge in [0.2, 0.25) is 5.91 Å². The fourth-order valence-corrected chi connectivity index (χ4v) is 2.30. The first-order chi connectivity index (χ1) is 12.4. The van der Waals surface area contributed by atoms with Gasteiger partial charge in [-0.25, -0.2) is 0 Å². The van der Waals surface area contributed by atoms with E-state index in [2.05, 4.69) is 0 Å². The number of amides is 1. The molecule has 26 heavy (non-hydrogen) atoms. The zero-order chi connectivity index (χ0) is 19.1. The van der Waals surface area contributed by atoms with Crippen molar-refractivity contribution < 1.29 is 14.5 Å². The van der Waals surface area contributed by atoms with Crippen molar-refractivity contribution in [2.75, 3.05) is 20.2 Å². The number of ether oxygens (including phenoxy) is 1. The minimum absolute atomic E-state index is 0.0591. The second kappa shape index (κ2) is 9.01. The van der Waals surface area contributed by atoms with Crippen molar-refractivity contribution >= 4 is 29.3 Å². The van der Waals surface area contributed by atoms with E-state index in [1.807, 2.05) is 31.2 Å². The molecule has 7 heteroatoms. The van der Waals surface area contributed by atoms with Crippen LogP contribution in [0.15, 0.2) is 48.5 Å². The number of halogens is 1. The summed E-state index contributed by atoms with van der Waals surface area (Å²) in [7, 11) is 1.66. The van der Waals surface area contributed by atoms with Gasteiger partial charge in [0.05, 0.1) is 11.5 Å². The number of rotatable bonds is 7. The predicted octanol–water partition coefficient (Wildman–Crippen LogP) is 4.11. The third kappa shape index (κ3) is 5.60. The summed E-state index contributed by atoms with van der Waals surface area (Å²) in [5.74, 6) is 0.524. The Hall–Kier alpha value is -2.86. The van der Waals surface area contributed by atoms with Gasteiger partial charge in [-0.2, -0.15) is 0 Å². The van der Waals surface area contributed by atoms with Gasteiger partial charge in [-0.05, 0) is 36.8 Å². The van der Waals surface area contributed by atoms with Gasteiger partial charge >= 0.3 is 0 Å². The monoisotopic (exact) mass is 374 g/mol. The number of benzene rings is 2. The zero-order valence-corrected chi connectivity index (χ0v) is 15.3. The van der Waals surface area contributed by atoms with E-state index in [1.165, 1.54) is 29.2 Å². The molecule has 0 fully saturated rings. The lowest BCUT2D eigenvalue weighted by molar-refractivity contribution is -0.384. The van der Waals surface area contributed by atoms with Gasteiger partial charge in [0.25, 0.3) is 5.69 Å². The molecule has 0 aliphatic heterocycles. The molecule has 6 nitrogen and oxygen atoms in total. The highest BCUT2D eigenvalue weighted by atomic mass is 35.5. The summed E-state index contributed by atoms with van der Waals surface area (Å²) in [6.07, 6.45) is 2.88. The number of nitro groups is 1. The second-order valence-corrected chi connectivity index (χ2v) is 6.13. The van der Waals surface area contributed by atoms with E-state index < -0.39 is 4.92 Å². The fraction of sp³-hybridized carbons (Fsp3) is 0.211. The van der Waals surface area contributed by atoms with Gasteiger partial charge in [-0.1, -0.05) is 35.4 Å². The standard InChI is InChI=1S/C19H19ClN2O4/c1-14-3-7-16(8-4-14)26-12-11-21(2)19(23)10-6-15-5-9-17(20)18(13-15)22(24)25/h3-10,13H,11-12H2,1-2H3/b10-6+. The molecule has 0 spiro atoms. The van der Waals surface area contributed by atoms with E-state index in [4.69, 9.17) is 16.3 Å². The normalized spacial score (nSPS) is 10.7. The molecule has 2 rings (SSSR count). The van der Waals surface area contributed by atoms with Crippen molar-refractivity contribution in [3.8, 4) is 5.75 Å². The topological polar surface area (TPSA) is 72.7 Å². The van der Waals surface area contributed by atoms with Crippen LogP contribution >= 0.6 is 11.6 Å². The van der Waals surface area contributed by atoms with Crippen LogP contribution in [0.5, 0.6) is 5.75 Å². The van der Waals surface area contributed by atoms with E-state index in [1.54, 1.807) is 13.1 Å². The largest absolute Gasteiger partial charge is 0.492 e. The van der Waals surface area contributed by atoms with Crippen molar-refractivity contribution in [1.29, 1.82) is 0 Å². The summed E-state index contributed by atoms with van der Waals surface area (Å²) in [6.45, 7) is 2.78. The Labute approximate surface area is 156 Å². The Balaban J connectivity index is 1.88. The Morgan fingerprint density at radius 2 is 1.96 bits per heavy atom. The lowest BCUT2D eigenvalue weighted by Gasteiger charge is -2.15. The Kier molecular flexibility index (Phi) is 6.74. The second-order valence-electron chi connectivity index (χ2n) is 5.72. The molecule has 0 saturated heterocycles. The van der Waals surface area contributed by atoms with Crippen molar-refractivity contribution in [2.45, 2.75) is 6.92 Å². The molecule has 0 bridgehead atoms. The molecule has 0 radical (unpaired) electrons. The lowest BCUT2D eigenvalue weighted by Crippen LogP contribution is -2.29. The van der Waals surface area contributed by atoms with E-state index in [0.717, 1.165) is 11.3 Å². The highest BCUT2D eigenvalue weighted by Crippen LogP contribution is 2.25. The van der Waals surface area contributed by atoms with Crippen LogP contribution in [0.3, 0.4) is 0 Å². The number of carbonyl (C=O) groups excluding carboxylic acids is 1.